The minimum absolute atomic E-state index is 0.651. The molecule has 0 fully saturated rings. The Bertz CT molecular complexity index is 273. The zero-order chi connectivity index (χ0) is 9.68. The van der Waals surface area contributed by atoms with Gasteiger partial charge in [0.25, 0.3) is 0 Å². The van der Waals surface area contributed by atoms with Crippen LogP contribution in [-0.4, -0.2) is 0 Å². The second-order valence-electron chi connectivity index (χ2n) is 3.68. The van der Waals surface area contributed by atoms with Gasteiger partial charge in [-0.1, -0.05) is 42.8 Å². The van der Waals surface area contributed by atoms with E-state index in [2.05, 4.69) is 44.7 Å². The molecule has 0 spiro atoms. The van der Waals surface area contributed by atoms with Crippen molar-refractivity contribution in [3.63, 3.8) is 0 Å². The number of hydrogen-bond acceptors (Lipinski definition) is 0. The van der Waals surface area contributed by atoms with Crippen molar-refractivity contribution in [1.82, 2.24) is 0 Å². The van der Waals surface area contributed by atoms with E-state index in [1.54, 1.807) is 0 Å². The van der Waals surface area contributed by atoms with Crippen LogP contribution in [0.1, 0.15) is 36.8 Å². The summed E-state index contributed by atoms with van der Waals surface area (Å²) in [6.45, 7) is 8.16. The van der Waals surface area contributed by atoms with Crippen LogP contribution >= 0.6 is 0 Å². The number of aryl methyl sites for hydroxylation is 1. The van der Waals surface area contributed by atoms with Gasteiger partial charge in [-0.05, 0) is 31.2 Å². The van der Waals surface area contributed by atoms with E-state index < -0.39 is 0 Å². The second kappa shape index (κ2) is 4.86. The first-order valence-electron chi connectivity index (χ1n) is 4.91. The van der Waals surface area contributed by atoms with Crippen LogP contribution in [0, 0.1) is 6.92 Å². The molecular weight excluding hydrogens is 156 g/mol. The van der Waals surface area contributed by atoms with Crippen molar-refractivity contribution in [2.45, 2.75) is 32.6 Å². The molecule has 1 rings (SSSR count). The Morgan fingerprint density at radius 1 is 1.46 bits per heavy atom. The highest BCUT2D eigenvalue weighted by Crippen LogP contribution is 2.21. The van der Waals surface area contributed by atoms with Gasteiger partial charge in [-0.15, -0.1) is 6.58 Å². The molecule has 1 aromatic rings. The number of allylic oxidation sites excluding steroid dienone is 1. The van der Waals surface area contributed by atoms with E-state index in [-0.39, 0.29) is 0 Å². The van der Waals surface area contributed by atoms with Crippen molar-refractivity contribution in [1.29, 1.82) is 0 Å². The summed E-state index contributed by atoms with van der Waals surface area (Å²) >= 11 is 0. The van der Waals surface area contributed by atoms with Gasteiger partial charge in [0, 0.05) is 0 Å². The lowest BCUT2D eigenvalue weighted by Crippen LogP contribution is -1.92. The smallest absolute Gasteiger partial charge is 0.0187 e. The summed E-state index contributed by atoms with van der Waals surface area (Å²) in [5.41, 5.74) is 2.80. The van der Waals surface area contributed by atoms with Crippen molar-refractivity contribution in [3.05, 3.63) is 48.0 Å². The third kappa shape index (κ3) is 3.06. The molecule has 13 heavy (non-hydrogen) atoms. The zero-order valence-corrected chi connectivity index (χ0v) is 8.59. The topological polar surface area (TPSA) is 0 Å². The first-order chi connectivity index (χ1) is 6.24. The third-order valence-corrected chi connectivity index (χ3v) is 2.41. The van der Waals surface area contributed by atoms with Crippen molar-refractivity contribution in [2.24, 2.45) is 0 Å². The van der Waals surface area contributed by atoms with Crippen LogP contribution in [0.5, 0.6) is 0 Å². The van der Waals surface area contributed by atoms with Crippen LogP contribution in [0.25, 0.3) is 0 Å². The Kier molecular flexibility index (Phi) is 3.75. The predicted octanol–water partition coefficient (Wildman–Crippen LogP) is 4.06. The van der Waals surface area contributed by atoms with Gasteiger partial charge in [-0.25, -0.2) is 0 Å². The van der Waals surface area contributed by atoms with Crippen molar-refractivity contribution in [3.8, 4) is 0 Å². The van der Waals surface area contributed by atoms with Crippen LogP contribution in [-0.2, 0) is 0 Å². The molecule has 0 N–H and O–H groups in total. The molecule has 0 radical (unpaired) electrons. The van der Waals surface area contributed by atoms with Crippen LogP contribution in [0.15, 0.2) is 36.9 Å². The molecule has 0 saturated heterocycles. The zero-order valence-electron chi connectivity index (χ0n) is 8.59. The first-order valence-corrected chi connectivity index (χ1v) is 4.91. The molecule has 0 aliphatic carbocycles. The maximum Gasteiger partial charge on any atom is -0.0187 e. The quantitative estimate of drug-likeness (QED) is 0.604. The standard InChI is InChI=1S/C13H18/c1-4-5-8-12(3)13-9-6-7-11(2)10-13/h4,6-7,9-10,12H,1,5,8H2,2-3H3. The summed E-state index contributed by atoms with van der Waals surface area (Å²) < 4.78 is 0. The average molecular weight is 174 g/mol. The van der Waals surface area contributed by atoms with Gasteiger partial charge in [0.15, 0.2) is 0 Å². The Morgan fingerprint density at radius 3 is 2.85 bits per heavy atom. The molecule has 0 aliphatic rings. The van der Waals surface area contributed by atoms with Gasteiger partial charge in [0.1, 0.15) is 0 Å². The van der Waals surface area contributed by atoms with E-state index >= 15 is 0 Å². The van der Waals surface area contributed by atoms with E-state index in [1.807, 2.05) is 6.08 Å². The Labute approximate surface area is 81.3 Å². The average Bonchev–Trinajstić information content (AvgIpc) is 2.14. The number of rotatable bonds is 4. The Balaban J connectivity index is 2.65. The third-order valence-electron chi connectivity index (χ3n) is 2.41. The highest BCUT2D eigenvalue weighted by molar-refractivity contribution is 5.24. The van der Waals surface area contributed by atoms with Crippen LogP contribution in [0.3, 0.4) is 0 Å². The SMILES string of the molecule is C=CCCC(C)c1cccc(C)c1. The minimum atomic E-state index is 0.651. The summed E-state index contributed by atoms with van der Waals surface area (Å²) in [7, 11) is 0. The van der Waals surface area contributed by atoms with E-state index in [4.69, 9.17) is 0 Å². The van der Waals surface area contributed by atoms with Crippen LogP contribution < -0.4 is 0 Å². The maximum absolute atomic E-state index is 3.74. The highest BCUT2D eigenvalue weighted by atomic mass is 14.1. The van der Waals surface area contributed by atoms with Crippen molar-refractivity contribution < 1.29 is 0 Å². The van der Waals surface area contributed by atoms with Gasteiger partial charge < -0.3 is 0 Å². The Morgan fingerprint density at radius 2 is 2.23 bits per heavy atom. The van der Waals surface area contributed by atoms with Crippen molar-refractivity contribution in [2.75, 3.05) is 0 Å². The molecule has 0 nitrogen and oxygen atoms in total. The fourth-order valence-corrected chi connectivity index (χ4v) is 1.51. The summed E-state index contributed by atoms with van der Waals surface area (Å²) in [4.78, 5) is 0. The molecule has 0 saturated carbocycles. The normalized spacial score (nSPS) is 12.5. The van der Waals surface area contributed by atoms with Crippen molar-refractivity contribution >= 4 is 0 Å². The monoisotopic (exact) mass is 174 g/mol. The van der Waals surface area contributed by atoms with Gasteiger partial charge in [0.2, 0.25) is 0 Å². The molecule has 1 unspecified atom stereocenters. The largest absolute Gasteiger partial charge is 0.103 e. The molecule has 0 heterocycles. The Hall–Kier alpha value is -1.04. The van der Waals surface area contributed by atoms with E-state index in [9.17, 15) is 0 Å². The molecule has 1 aromatic carbocycles. The fourth-order valence-electron chi connectivity index (χ4n) is 1.51. The van der Waals surface area contributed by atoms with E-state index in [0.717, 1.165) is 6.42 Å². The summed E-state index contributed by atoms with van der Waals surface area (Å²) in [6, 6.07) is 8.76. The lowest BCUT2D eigenvalue weighted by Gasteiger charge is -2.10. The lowest BCUT2D eigenvalue weighted by atomic mass is 9.95. The summed E-state index contributed by atoms with van der Waals surface area (Å²) in [5.74, 6) is 0.651. The molecule has 1 atom stereocenters. The highest BCUT2D eigenvalue weighted by Gasteiger charge is 2.03. The van der Waals surface area contributed by atoms with Gasteiger partial charge >= 0.3 is 0 Å². The molecule has 0 amide bonds. The first kappa shape index (κ1) is 10.0. The van der Waals surface area contributed by atoms with Gasteiger partial charge in [-0.2, -0.15) is 0 Å². The van der Waals surface area contributed by atoms with E-state index in [0.29, 0.717) is 5.92 Å². The molecule has 70 valence electrons. The van der Waals surface area contributed by atoms with E-state index in [1.165, 1.54) is 17.5 Å². The molecule has 0 bridgehead atoms. The minimum Gasteiger partial charge on any atom is -0.103 e. The fraction of sp³-hybridized carbons (Fsp3) is 0.385. The van der Waals surface area contributed by atoms with Crippen LogP contribution in [0.4, 0.5) is 0 Å². The van der Waals surface area contributed by atoms with Crippen LogP contribution in [0.2, 0.25) is 0 Å². The summed E-state index contributed by atoms with van der Waals surface area (Å²) in [5, 5.41) is 0. The number of hydrogen-bond donors (Lipinski definition) is 0. The van der Waals surface area contributed by atoms with Gasteiger partial charge in [0.05, 0.1) is 0 Å². The molecule has 0 heteroatoms. The number of benzene rings is 1. The maximum atomic E-state index is 3.74. The summed E-state index contributed by atoms with van der Waals surface area (Å²) in [6.07, 6.45) is 4.30. The molecule has 0 aliphatic heterocycles. The lowest BCUT2D eigenvalue weighted by molar-refractivity contribution is 0.691. The van der Waals surface area contributed by atoms with Gasteiger partial charge in [-0.3, -0.25) is 0 Å². The second-order valence-corrected chi connectivity index (χ2v) is 3.68. The molecular formula is C13H18. The predicted molar refractivity (Wildman–Crippen MR) is 59.0 cm³/mol. The molecule has 0 aromatic heterocycles.